The molecule has 2 N–H and O–H groups in total. The van der Waals surface area contributed by atoms with Gasteiger partial charge in [0.1, 0.15) is 9.84 Å². The highest BCUT2D eigenvalue weighted by Gasteiger charge is 2.17. The van der Waals surface area contributed by atoms with Crippen LogP contribution >= 0.6 is 24.0 Å². The number of halogens is 1. The zero-order valence-corrected chi connectivity index (χ0v) is 19.7. The minimum absolute atomic E-state index is 0. The summed E-state index contributed by atoms with van der Waals surface area (Å²) in [5.74, 6) is 0.848. The third-order valence-corrected chi connectivity index (χ3v) is 4.51. The highest BCUT2D eigenvalue weighted by atomic mass is 127. The van der Waals surface area contributed by atoms with Gasteiger partial charge in [-0.3, -0.25) is 4.99 Å². The first-order chi connectivity index (χ1) is 11.2. The molecule has 8 heteroatoms. The number of nitrogens with zero attached hydrogens (tertiary/aromatic N) is 1. The van der Waals surface area contributed by atoms with Gasteiger partial charge < -0.3 is 15.4 Å². The number of aliphatic imine (C=N–C) groups is 1. The summed E-state index contributed by atoms with van der Waals surface area (Å²) >= 11 is 0. The summed E-state index contributed by atoms with van der Waals surface area (Å²) in [7, 11) is -2.95. The fourth-order valence-corrected chi connectivity index (χ4v) is 2.54. The van der Waals surface area contributed by atoms with Gasteiger partial charge in [0.25, 0.3) is 0 Å². The van der Waals surface area contributed by atoms with E-state index in [1.165, 1.54) is 31.9 Å². The van der Waals surface area contributed by atoms with E-state index in [1.54, 1.807) is 0 Å². The molecular weight excluding hydrogens is 453 g/mol. The SMILES string of the molecule is CCCCCC(C)(C)CN=C(NCC)NCCOCCS(C)(=O)=O.I. The predicted octanol–water partition coefficient (Wildman–Crippen LogP) is 2.83. The standard InChI is InChI=1S/C17H37N3O3S.HI/c1-6-8-9-10-17(3,4)15-20-16(18-7-2)19-11-12-23-13-14-24(5,21)22;/h6-15H2,1-5H3,(H2,18,19,20);1H. The van der Waals surface area contributed by atoms with Crippen LogP contribution in [0.15, 0.2) is 4.99 Å². The molecule has 0 atom stereocenters. The zero-order chi connectivity index (χ0) is 18.5. The topological polar surface area (TPSA) is 79.8 Å². The van der Waals surface area contributed by atoms with E-state index < -0.39 is 9.84 Å². The molecule has 0 aromatic carbocycles. The van der Waals surface area contributed by atoms with Gasteiger partial charge in [-0.15, -0.1) is 24.0 Å². The maximum atomic E-state index is 11.0. The third kappa shape index (κ3) is 18.5. The first kappa shape index (κ1) is 27.1. The van der Waals surface area contributed by atoms with Crippen molar-refractivity contribution in [2.75, 3.05) is 44.9 Å². The Balaban J connectivity index is 0. The molecule has 0 fully saturated rings. The van der Waals surface area contributed by atoms with Crippen molar-refractivity contribution in [3.05, 3.63) is 0 Å². The lowest BCUT2D eigenvalue weighted by Crippen LogP contribution is -2.39. The molecular formula is C17H38IN3O3S. The minimum Gasteiger partial charge on any atom is -0.379 e. The molecule has 0 amide bonds. The van der Waals surface area contributed by atoms with Crippen molar-refractivity contribution < 1.29 is 13.2 Å². The molecule has 0 saturated heterocycles. The van der Waals surface area contributed by atoms with Gasteiger partial charge in [0, 0.05) is 25.9 Å². The summed E-state index contributed by atoms with van der Waals surface area (Å²) in [4.78, 5) is 4.66. The molecule has 0 rings (SSSR count). The van der Waals surface area contributed by atoms with E-state index in [1.807, 2.05) is 6.92 Å². The molecule has 0 aromatic heterocycles. The van der Waals surface area contributed by atoms with Crippen LogP contribution in [-0.4, -0.2) is 59.2 Å². The van der Waals surface area contributed by atoms with Gasteiger partial charge in [-0.05, 0) is 18.8 Å². The first-order valence-corrected chi connectivity index (χ1v) is 11.0. The van der Waals surface area contributed by atoms with E-state index >= 15 is 0 Å². The lowest BCUT2D eigenvalue weighted by Gasteiger charge is -2.23. The lowest BCUT2D eigenvalue weighted by molar-refractivity contribution is 0.154. The van der Waals surface area contributed by atoms with Crippen LogP contribution in [0.4, 0.5) is 0 Å². The maximum absolute atomic E-state index is 11.0. The first-order valence-electron chi connectivity index (χ1n) is 8.98. The van der Waals surface area contributed by atoms with Gasteiger partial charge in [0.15, 0.2) is 5.96 Å². The number of rotatable bonds is 13. The van der Waals surface area contributed by atoms with E-state index in [0.717, 1.165) is 19.0 Å². The van der Waals surface area contributed by atoms with Gasteiger partial charge in [0.2, 0.25) is 0 Å². The highest BCUT2D eigenvalue weighted by molar-refractivity contribution is 14.0. The van der Waals surface area contributed by atoms with Crippen molar-refractivity contribution in [1.29, 1.82) is 0 Å². The van der Waals surface area contributed by atoms with Crippen LogP contribution < -0.4 is 10.6 Å². The van der Waals surface area contributed by atoms with Crippen LogP contribution in [-0.2, 0) is 14.6 Å². The third-order valence-electron chi connectivity index (χ3n) is 3.60. The fourth-order valence-electron chi connectivity index (χ4n) is 2.12. The van der Waals surface area contributed by atoms with Crippen LogP contribution in [0.2, 0.25) is 0 Å². The van der Waals surface area contributed by atoms with Crippen molar-refractivity contribution in [2.24, 2.45) is 10.4 Å². The molecule has 0 spiro atoms. The molecule has 0 saturated carbocycles. The quantitative estimate of drug-likeness (QED) is 0.179. The van der Waals surface area contributed by atoms with Crippen molar-refractivity contribution in [3.8, 4) is 0 Å². The maximum Gasteiger partial charge on any atom is 0.191 e. The summed E-state index contributed by atoms with van der Waals surface area (Å²) < 4.78 is 27.3. The van der Waals surface area contributed by atoms with Gasteiger partial charge in [-0.2, -0.15) is 0 Å². The Morgan fingerprint density at radius 1 is 1.12 bits per heavy atom. The van der Waals surface area contributed by atoms with E-state index in [2.05, 4.69) is 36.4 Å². The van der Waals surface area contributed by atoms with E-state index in [9.17, 15) is 8.42 Å². The number of unbranched alkanes of at least 4 members (excludes halogenated alkanes) is 2. The van der Waals surface area contributed by atoms with Crippen molar-refractivity contribution >= 4 is 39.8 Å². The molecule has 0 bridgehead atoms. The van der Waals surface area contributed by atoms with Gasteiger partial charge in [0.05, 0.1) is 19.0 Å². The number of hydrogen-bond donors (Lipinski definition) is 2. The molecule has 25 heavy (non-hydrogen) atoms. The second kappa shape index (κ2) is 15.0. The number of ether oxygens (including phenoxy) is 1. The average Bonchev–Trinajstić information content (AvgIpc) is 2.47. The molecule has 0 radical (unpaired) electrons. The van der Waals surface area contributed by atoms with Crippen LogP contribution in [0.5, 0.6) is 0 Å². The largest absolute Gasteiger partial charge is 0.379 e. The van der Waals surface area contributed by atoms with Crippen molar-refractivity contribution in [2.45, 2.75) is 53.4 Å². The van der Waals surface area contributed by atoms with Gasteiger partial charge in [-0.1, -0.05) is 40.0 Å². The molecule has 152 valence electrons. The fraction of sp³-hybridized carbons (Fsp3) is 0.941. The molecule has 6 nitrogen and oxygen atoms in total. The second-order valence-corrected chi connectivity index (χ2v) is 9.25. The number of guanidine groups is 1. The van der Waals surface area contributed by atoms with Crippen molar-refractivity contribution in [3.63, 3.8) is 0 Å². The Labute approximate surface area is 171 Å². The Bertz CT molecular complexity index is 454. The second-order valence-electron chi connectivity index (χ2n) is 6.99. The smallest absolute Gasteiger partial charge is 0.191 e. The van der Waals surface area contributed by atoms with Crippen LogP contribution in [0.1, 0.15) is 53.4 Å². The van der Waals surface area contributed by atoms with E-state index in [0.29, 0.717) is 13.2 Å². The lowest BCUT2D eigenvalue weighted by atomic mass is 9.87. The Morgan fingerprint density at radius 3 is 2.36 bits per heavy atom. The normalized spacial score (nSPS) is 12.6. The summed E-state index contributed by atoms with van der Waals surface area (Å²) in [6.45, 7) is 11.6. The number of sulfone groups is 1. The predicted molar refractivity (Wildman–Crippen MR) is 118 cm³/mol. The van der Waals surface area contributed by atoms with Crippen LogP contribution in [0.25, 0.3) is 0 Å². The summed E-state index contributed by atoms with van der Waals surface area (Å²) in [6, 6.07) is 0. The molecule has 0 unspecified atom stereocenters. The molecule has 0 aliphatic carbocycles. The summed E-state index contributed by atoms with van der Waals surface area (Å²) in [6.07, 6.45) is 6.15. The number of nitrogens with one attached hydrogen (secondary N) is 2. The molecule has 0 heterocycles. The number of hydrogen-bond acceptors (Lipinski definition) is 4. The average molecular weight is 491 g/mol. The Morgan fingerprint density at radius 2 is 1.80 bits per heavy atom. The Hall–Kier alpha value is -0.0900. The molecule has 0 aliphatic heterocycles. The van der Waals surface area contributed by atoms with Gasteiger partial charge >= 0.3 is 0 Å². The minimum atomic E-state index is -2.95. The van der Waals surface area contributed by atoms with Crippen LogP contribution in [0.3, 0.4) is 0 Å². The molecule has 0 aliphatic rings. The summed E-state index contributed by atoms with van der Waals surface area (Å²) in [5.41, 5.74) is 0.198. The van der Waals surface area contributed by atoms with Gasteiger partial charge in [-0.25, -0.2) is 8.42 Å². The molecule has 0 aromatic rings. The van der Waals surface area contributed by atoms with Crippen LogP contribution in [0, 0.1) is 5.41 Å². The monoisotopic (exact) mass is 491 g/mol. The summed E-state index contributed by atoms with van der Waals surface area (Å²) in [5, 5.41) is 6.45. The Kier molecular flexibility index (Phi) is 16.3. The van der Waals surface area contributed by atoms with E-state index in [-0.39, 0.29) is 41.8 Å². The highest BCUT2D eigenvalue weighted by Crippen LogP contribution is 2.23. The zero-order valence-electron chi connectivity index (χ0n) is 16.6. The van der Waals surface area contributed by atoms with E-state index in [4.69, 9.17) is 4.74 Å². The van der Waals surface area contributed by atoms with Crippen molar-refractivity contribution in [1.82, 2.24) is 10.6 Å².